The molecule has 7 nitrogen and oxygen atoms in total. The van der Waals surface area contributed by atoms with Crippen molar-refractivity contribution in [1.29, 1.82) is 0 Å². The number of amides is 1. The smallest absolute Gasteiger partial charge is 0.236 e. The molecule has 2 aromatic rings. The molecule has 7 heteroatoms. The van der Waals surface area contributed by atoms with E-state index in [2.05, 4.69) is 48.3 Å². The molecule has 1 unspecified atom stereocenters. The van der Waals surface area contributed by atoms with Crippen LogP contribution < -0.4 is 24.4 Å². The van der Waals surface area contributed by atoms with Gasteiger partial charge in [-0.25, -0.2) is 0 Å². The molecule has 2 aromatic carbocycles. The zero-order valence-electron chi connectivity index (χ0n) is 19.9. The minimum Gasteiger partial charge on any atom is -0.497 e. The van der Waals surface area contributed by atoms with Crippen molar-refractivity contribution in [3.63, 3.8) is 0 Å². The first-order valence-electron chi connectivity index (χ1n) is 11.8. The molecule has 0 radical (unpaired) electrons. The second kappa shape index (κ2) is 10.8. The molecule has 4 rings (SSSR count). The van der Waals surface area contributed by atoms with Crippen LogP contribution in [0.3, 0.4) is 0 Å². The van der Waals surface area contributed by atoms with Gasteiger partial charge in [0.1, 0.15) is 5.75 Å². The number of piperazine rings is 1. The van der Waals surface area contributed by atoms with Crippen LogP contribution in [-0.2, 0) is 4.79 Å². The van der Waals surface area contributed by atoms with Crippen LogP contribution in [0.25, 0.3) is 0 Å². The molecule has 1 fully saturated rings. The van der Waals surface area contributed by atoms with E-state index in [-0.39, 0.29) is 11.9 Å². The molecule has 2 aliphatic heterocycles. The van der Waals surface area contributed by atoms with Crippen molar-refractivity contribution in [3.05, 3.63) is 48.0 Å². The molecule has 0 spiro atoms. The first kappa shape index (κ1) is 23.2. The second-order valence-corrected chi connectivity index (χ2v) is 8.93. The van der Waals surface area contributed by atoms with Gasteiger partial charge in [0.15, 0.2) is 11.5 Å². The third-order valence-corrected chi connectivity index (χ3v) is 6.34. The maximum atomic E-state index is 12.9. The van der Waals surface area contributed by atoms with E-state index in [9.17, 15) is 4.79 Å². The molecule has 0 saturated carbocycles. The van der Waals surface area contributed by atoms with Gasteiger partial charge >= 0.3 is 0 Å². The Balaban J connectivity index is 1.32. The van der Waals surface area contributed by atoms with Crippen molar-refractivity contribution in [2.45, 2.75) is 26.3 Å². The quantitative estimate of drug-likeness (QED) is 0.693. The average Bonchev–Trinajstić information content (AvgIpc) is 3.09. The number of methoxy groups -OCH3 is 1. The van der Waals surface area contributed by atoms with Gasteiger partial charge in [-0.1, -0.05) is 19.9 Å². The van der Waals surface area contributed by atoms with E-state index in [1.54, 1.807) is 7.11 Å². The van der Waals surface area contributed by atoms with Crippen LogP contribution in [0.15, 0.2) is 42.5 Å². The number of ether oxygens (including phenoxy) is 3. The van der Waals surface area contributed by atoms with Crippen LogP contribution in [0, 0.1) is 5.92 Å². The minimum atomic E-state index is 0.0618. The monoisotopic (exact) mass is 453 g/mol. The molecule has 1 saturated heterocycles. The Morgan fingerprint density at radius 1 is 1.00 bits per heavy atom. The highest BCUT2D eigenvalue weighted by Gasteiger charge is 2.24. The number of anilines is 1. The lowest BCUT2D eigenvalue weighted by Gasteiger charge is -2.36. The van der Waals surface area contributed by atoms with E-state index >= 15 is 0 Å². The highest BCUT2D eigenvalue weighted by molar-refractivity contribution is 5.78. The van der Waals surface area contributed by atoms with E-state index in [4.69, 9.17) is 14.2 Å². The summed E-state index contributed by atoms with van der Waals surface area (Å²) in [6.07, 6.45) is 0.885. The van der Waals surface area contributed by atoms with Crippen LogP contribution in [0.1, 0.15) is 31.9 Å². The number of nitrogens with zero attached hydrogens (tertiary/aromatic N) is 2. The Bertz CT molecular complexity index is 924. The molecule has 0 aliphatic carbocycles. The van der Waals surface area contributed by atoms with Crippen LogP contribution in [0.2, 0.25) is 0 Å². The molecule has 33 heavy (non-hydrogen) atoms. The summed E-state index contributed by atoms with van der Waals surface area (Å²) in [5, 5.41) is 3.50. The lowest BCUT2D eigenvalue weighted by molar-refractivity contribution is -0.130. The molecular weight excluding hydrogens is 418 g/mol. The summed E-state index contributed by atoms with van der Waals surface area (Å²) in [7, 11) is 1.67. The highest BCUT2D eigenvalue weighted by atomic mass is 16.5. The van der Waals surface area contributed by atoms with Gasteiger partial charge in [0.05, 0.1) is 26.9 Å². The van der Waals surface area contributed by atoms with Crippen LogP contribution in [0.4, 0.5) is 5.69 Å². The van der Waals surface area contributed by atoms with Gasteiger partial charge in [0, 0.05) is 44.3 Å². The fourth-order valence-corrected chi connectivity index (χ4v) is 4.43. The van der Waals surface area contributed by atoms with E-state index in [1.165, 1.54) is 0 Å². The van der Waals surface area contributed by atoms with Crippen molar-refractivity contribution in [3.8, 4) is 17.2 Å². The lowest BCUT2D eigenvalue weighted by Crippen LogP contribution is -2.51. The van der Waals surface area contributed by atoms with Crippen LogP contribution in [-0.4, -0.2) is 63.9 Å². The summed E-state index contributed by atoms with van der Waals surface area (Å²) in [5.41, 5.74) is 2.28. The fraction of sp³-hybridized carbons (Fsp3) is 0.500. The Morgan fingerprint density at radius 3 is 2.36 bits per heavy atom. The van der Waals surface area contributed by atoms with Crippen molar-refractivity contribution in [1.82, 2.24) is 10.2 Å². The van der Waals surface area contributed by atoms with E-state index < -0.39 is 0 Å². The van der Waals surface area contributed by atoms with Crippen LogP contribution >= 0.6 is 0 Å². The predicted octanol–water partition coefficient (Wildman–Crippen LogP) is 3.49. The highest BCUT2D eigenvalue weighted by Crippen LogP contribution is 2.34. The predicted molar refractivity (Wildman–Crippen MR) is 129 cm³/mol. The zero-order valence-corrected chi connectivity index (χ0v) is 19.9. The Morgan fingerprint density at radius 2 is 1.70 bits per heavy atom. The number of benzene rings is 2. The van der Waals surface area contributed by atoms with E-state index in [0.717, 1.165) is 61.1 Å². The average molecular weight is 454 g/mol. The number of nitrogens with one attached hydrogen (secondary N) is 1. The van der Waals surface area contributed by atoms with Gasteiger partial charge in [0.2, 0.25) is 5.91 Å². The van der Waals surface area contributed by atoms with Crippen molar-refractivity contribution in [2.75, 3.05) is 57.9 Å². The largest absolute Gasteiger partial charge is 0.497 e. The van der Waals surface area contributed by atoms with Crippen molar-refractivity contribution in [2.24, 2.45) is 5.92 Å². The number of hydrogen-bond acceptors (Lipinski definition) is 6. The summed E-state index contributed by atoms with van der Waals surface area (Å²) in [6, 6.07) is 14.3. The van der Waals surface area contributed by atoms with Gasteiger partial charge in [-0.15, -0.1) is 0 Å². The Labute approximate surface area is 196 Å². The fourth-order valence-electron chi connectivity index (χ4n) is 4.43. The first-order chi connectivity index (χ1) is 16.0. The third kappa shape index (κ3) is 5.71. The number of fused-ring (bicyclic) bond motifs is 1. The lowest BCUT2D eigenvalue weighted by atomic mass is 9.95. The number of carbonyl (C=O) groups excluding carboxylic acids is 1. The SMILES string of the molecule is COc1ccc(N2CCN(C(=O)CNC(c3ccc4c(c3)OCCCO4)C(C)C)CC2)cc1. The Hall–Kier alpha value is -2.93. The first-order valence-corrected chi connectivity index (χ1v) is 11.8. The molecule has 1 N–H and O–H groups in total. The van der Waals surface area contributed by atoms with Gasteiger partial charge in [0.25, 0.3) is 0 Å². The molecule has 2 heterocycles. The van der Waals surface area contributed by atoms with Crippen molar-refractivity contribution < 1.29 is 19.0 Å². The number of rotatable bonds is 7. The second-order valence-electron chi connectivity index (χ2n) is 8.93. The molecule has 178 valence electrons. The molecule has 1 amide bonds. The summed E-state index contributed by atoms with van der Waals surface area (Å²) in [4.78, 5) is 17.2. The summed E-state index contributed by atoms with van der Waals surface area (Å²) in [5.74, 6) is 2.91. The maximum Gasteiger partial charge on any atom is 0.236 e. The standard InChI is InChI=1S/C26H35N3O4/c1-19(2)26(20-5-10-23-24(17-20)33-16-4-15-32-23)27-18-25(30)29-13-11-28(12-14-29)21-6-8-22(31-3)9-7-21/h5-10,17,19,26-27H,4,11-16,18H2,1-3H3. The summed E-state index contributed by atoms with van der Waals surface area (Å²) in [6.45, 7) is 9.10. The van der Waals surface area contributed by atoms with Gasteiger partial charge in [-0.3, -0.25) is 4.79 Å². The number of hydrogen-bond donors (Lipinski definition) is 1. The van der Waals surface area contributed by atoms with Gasteiger partial charge in [-0.05, 0) is 47.9 Å². The molecule has 2 aliphatic rings. The van der Waals surface area contributed by atoms with Crippen LogP contribution in [0.5, 0.6) is 17.2 Å². The van der Waals surface area contributed by atoms with Crippen molar-refractivity contribution >= 4 is 11.6 Å². The minimum absolute atomic E-state index is 0.0618. The molecule has 1 atom stereocenters. The molecule has 0 aromatic heterocycles. The zero-order chi connectivity index (χ0) is 23.2. The van der Waals surface area contributed by atoms with E-state index in [1.807, 2.05) is 23.1 Å². The normalized spacial score (nSPS) is 17.0. The molecule has 0 bridgehead atoms. The third-order valence-electron chi connectivity index (χ3n) is 6.34. The topological polar surface area (TPSA) is 63.3 Å². The van der Waals surface area contributed by atoms with E-state index in [0.29, 0.717) is 25.7 Å². The summed E-state index contributed by atoms with van der Waals surface area (Å²) < 4.78 is 16.9. The maximum absolute atomic E-state index is 12.9. The molecular formula is C26H35N3O4. The number of carbonyl (C=O) groups is 1. The Kier molecular flexibility index (Phi) is 7.60. The van der Waals surface area contributed by atoms with Gasteiger partial charge < -0.3 is 29.3 Å². The van der Waals surface area contributed by atoms with Gasteiger partial charge in [-0.2, -0.15) is 0 Å². The summed E-state index contributed by atoms with van der Waals surface area (Å²) >= 11 is 0.